The molecule has 6 atom stereocenters. The zero-order valence-corrected chi connectivity index (χ0v) is 15.2. The third-order valence-electron chi connectivity index (χ3n) is 8.23. The Morgan fingerprint density at radius 2 is 2.08 bits per heavy atom. The fraction of sp³-hybridized carbons (Fsp3) is 0.857. The van der Waals surface area contributed by atoms with Crippen molar-refractivity contribution in [3.8, 4) is 0 Å². The van der Waals surface area contributed by atoms with Crippen LogP contribution in [-0.2, 0) is 9.53 Å². The maximum Gasteiger partial charge on any atom is 0.302 e. The molecular formula is C21H32O3. The lowest BCUT2D eigenvalue weighted by Crippen LogP contribution is -2.53. The molecule has 1 N–H and O–H groups in total. The summed E-state index contributed by atoms with van der Waals surface area (Å²) in [6.07, 6.45) is 12.9. The summed E-state index contributed by atoms with van der Waals surface area (Å²) in [5.74, 6) is 1.85. The maximum atomic E-state index is 11.5. The van der Waals surface area contributed by atoms with E-state index in [1.165, 1.54) is 51.9 Å². The van der Waals surface area contributed by atoms with E-state index in [1.54, 1.807) is 5.57 Å². The van der Waals surface area contributed by atoms with E-state index in [1.807, 2.05) is 0 Å². The molecule has 0 radical (unpaired) electrons. The van der Waals surface area contributed by atoms with Gasteiger partial charge in [-0.25, -0.2) is 0 Å². The largest absolute Gasteiger partial charge is 0.465 e. The van der Waals surface area contributed by atoms with Crippen molar-refractivity contribution in [2.24, 2.45) is 28.6 Å². The molecule has 0 aromatic carbocycles. The van der Waals surface area contributed by atoms with Crippen LogP contribution >= 0.6 is 0 Å². The zero-order chi connectivity index (χ0) is 16.9. The molecule has 0 aromatic rings. The first-order valence-electron chi connectivity index (χ1n) is 9.98. The maximum absolute atomic E-state index is 11.5. The summed E-state index contributed by atoms with van der Waals surface area (Å²) in [4.78, 5) is 11.5. The Balaban J connectivity index is 1.67. The fourth-order valence-electron chi connectivity index (χ4n) is 7.01. The Kier molecular flexibility index (Phi) is 4.06. The van der Waals surface area contributed by atoms with Crippen LogP contribution in [0.1, 0.15) is 71.6 Å². The van der Waals surface area contributed by atoms with Crippen molar-refractivity contribution >= 4 is 5.97 Å². The van der Waals surface area contributed by atoms with E-state index >= 15 is 0 Å². The third kappa shape index (κ3) is 2.30. The molecule has 0 bridgehead atoms. The van der Waals surface area contributed by atoms with Crippen molar-refractivity contribution in [3.63, 3.8) is 0 Å². The van der Waals surface area contributed by atoms with Crippen LogP contribution in [0.5, 0.6) is 0 Å². The molecule has 3 nitrogen and oxygen atoms in total. The van der Waals surface area contributed by atoms with E-state index < -0.39 is 0 Å². The summed E-state index contributed by atoms with van der Waals surface area (Å²) in [6, 6.07) is 0. The van der Waals surface area contributed by atoms with Gasteiger partial charge in [0.15, 0.2) is 0 Å². The highest BCUT2D eigenvalue weighted by Crippen LogP contribution is 2.65. The Labute approximate surface area is 145 Å². The number of ether oxygens (including phenoxy) is 1. The molecule has 3 saturated carbocycles. The van der Waals surface area contributed by atoms with Crippen LogP contribution in [0.2, 0.25) is 0 Å². The van der Waals surface area contributed by atoms with Crippen molar-refractivity contribution < 1.29 is 14.6 Å². The summed E-state index contributed by atoms with van der Waals surface area (Å²) in [5, 5.41) is 10.6. The molecule has 0 saturated heterocycles. The normalized spacial score (nSPS) is 47.2. The molecule has 4 aliphatic carbocycles. The summed E-state index contributed by atoms with van der Waals surface area (Å²) >= 11 is 0. The minimum atomic E-state index is -0.145. The first kappa shape index (κ1) is 16.6. The number of carbonyl (C=O) groups is 1. The fourth-order valence-corrected chi connectivity index (χ4v) is 7.01. The number of aliphatic hydroxyl groups excluding tert-OH is 1. The molecule has 4 aliphatic rings. The number of esters is 1. The van der Waals surface area contributed by atoms with Crippen LogP contribution in [-0.4, -0.2) is 23.8 Å². The Morgan fingerprint density at radius 1 is 1.25 bits per heavy atom. The van der Waals surface area contributed by atoms with Crippen LogP contribution in [0.25, 0.3) is 0 Å². The average Bonchev–Trinajstić information content (AvgIpc) is 2.88. The Morgan fingerprint density at radius 3 is 2.88 bits per heavy atom. The first-order valence-corrected chi connectivity index (χ1v) is 9.98. The molecule has 4 rings (SSSR count). The van der Waals surface area contributed by atoms with E-state index in [0.717, 1.165) is 12.8 Å². The third-order valence-corrected chi connectivity index (χ3v) is 8.23. The second-order valence-electron chi connectivity index (χ2n) is 9.11. The van der Waals surface area contributed by atoms with Gasteiger partial charge in [0.1, 0.15) is 6.61 Å². The van der Waals surface area contributed by atoms with Gasteiger partial charge in [-0.2, -0.15) is 0 Å². The molecule has 0 amide bonds. The lowest BCUT2D eigenvalue weighted by Gasteiger charge is -2.58. The molecular weight excluding hydrogens is 300 g/mol. The van der Waals surface area contributed by atoms with Crippen molar-refractivity contribution in [1.82, 2.24) is 0 Å². The number of carbonyl (C=O) groups excluding carboxylic acids is 1. The van der Waals surface area contributed by atoms with Gasteiger partial charge in [0, 0.05) is 12.3 Å². The van der Waals surface area contributed by atoms with Crippen molar-refractivity contribution in [2.75, 3.05) is 6.61 Å². The highest BCUT2D eigenvalue weighted by molar-refractivity contribution is 5.66. The standard InChI is InChI=1S/C21H32O3/c1-14(22)24-13-21-11-4-3-5-15(21)6-7-16-17-8-9-19(23)20(17,2)12-10-18(16)21/h5,16-19,23H,3-4,6-13H2,1-2H3/t16-,17-,18-,19?,20-,21+/m0/s1. The topological polar surface area (TPSA) is 46.5 Å². The lowest BCUT2D eigenvalue weighted by molar-refractivity contribution is -0.150. The SMILES string of the molecule is CC(=O)OC[C@]12CCCC=C1CC[C@@H]1[C@@H]2CC[C@]2(C)C(O)CC[C@@H]12. The molecule has 1 unspecified atom stereocenters. The van der Waals surface area contributed by atoms with Crippen molar-refractivity contribution in [2.45, 2.75) is 77.7 Å². The Hall–Kier alpha value is -0.830. The molecule has 0 spiro atoms. The van der Waals surface area contributed by atoms with E-state index in [-0.39, 0.29) is 22.9 Å². The van der Waals surface area contributed by atoms with Gasteiger partial charge < -0.3 is 9.84 Å². The summed E-state index contributed by atoms with van der Waals surface area (Å²) in [5.41, 5.74) is 1.81. The van der Waals surface area contributed by atoms with E-state index in [9.17, 15) is 9.90 Å². The molecule has 0 aliphatic heterocycles. The number of hydrogen-bond donors (Lipinski definition) is 1. The number of rotatable bonds is 2. The van der Waals surface area contributed by atoms with Crippen LogP contribution in [0.3, 0.4) is 0 Å². The highest BCUT2D eigenvalue weighted by Gasteiger charge is 2.59. The number of fused-ring (bicyclic) bond motifs is 5. The molecule has 0 heterocycles. The van der Waals surface area contributed by atoms with Gasteiger partial charge in [-0.15, -0.1) is 0 Å². The molecule has 3 fully saturated rings. The van der Waals surface area contributed by atoms with E-state index in [0.29, 0.717) is 24.4 Å². The summed E-state index contributed by atoms with van der Waals surface area (Å²) in [6.45, 7) is 4.45. The van der Waals surface area contributed by atoms with Crippen LogP contribution in [0.4, 0.5) is 0 Å². The van der Waals surface area contributed by atoms with Crippen LogP contribution < -0.4 is 0 Å². The number of hydrogen-bond acceptors (Lipinski definition) is 3. The van der Waals surface area contributed by atoms with E-state index in [2.05, 4.69) is 13.0 Å². The summed E-state index contributed by atoms with van der Waals surface area (Å²) < 4.78 is 5.62. The zero-order valence-electron chi connectivity index (χ0n) is 15.2. The minimum absolute atomic E-state index is 0.0989. The minimum Gasteiger partial charge on any atom is -0.465 e. The predicted molar refractivity (Wildman–Crippen MR) is 93.3 cm³/mol. The Bertz CT molecular complexity index is 553. The molecule has 24 heavy (non-hydrogen) atoms. The molecule has 3 heteroatoms. The lowest BCUT2D eigenvalue weighted by atomic mass is 9.47. The monoisotopic (exact) mass is 332 g/mol. The predicted octanol–water partition coefficient (Wildman–Crippen LogP) is 4.24. The van der Waals surface area contributed by atoms with Crippen molar-refractivity contribution in [3.05, 3.63) is 11.6 Å². The molecule has 134 valence electrons. The van der Waals surface area contributed by atoms with Gasteiger partial charge in [-0.1, -0.05) is 18.6 Å². The molecule has 0 aromatic heterocycles. The van der Waals surface area contributed by atoms with Gasteiger partial charge in [-0.3, -0.25) is 4.79 Å². The van der Waals surface area contributed by atoms with Gasteiger partial charge in [0.25, 0.3) is 0 Å². The quantitative estimate of drug-likeness (QED) is 0.607. The van der Waals surface area contributed by atoms with E-state index in [4.69, 9.17) is 4.74 Å². The highest BCUT2D eigenvalue weighted by atomic mass is 16.5. The van der Waals surface area contributed by atoms with Gasteiger partial charge in [-0.05, 0) is 81.0 Å². The average molecular weight is 332 g/mol. The van der Waals surface area contributed by atoms with Crippen LogP contribution in [0.15, 0.2) is 11.6 Å². The first-order chi connectivity index (χ1) is 11.5. The van der Waals surface area contributed by atoms with Crippen LogP contribution in [0, 0.1) is 28.6 Å². The van der Waals surface area contributed by atoms with Crippen molar-refractivity contribution in [1.29, 1.82) is 0 Å². The number of allylic oxidation sites excluding steroid dienone is 1. The second-order valence-corrected chi connectivity index (χ2v) is 9.11. The van der Waals surface area contributed by atoms with Gasteiger partial charge in [0.05, 0.1) is 6.10 Å². The summed E-state index contributed by atoms with van der Waals surface area (Å²) in [7, 11) is 0. The number of aliphatic hydroxyl groups is 1. The smallest absolute Gasteiger partial charge is 0.302 e. The van der Waals surface area contributed by atoms with Gasteiger partial charge >= 0.3 is 5.97 Å². The van der Waals surface area contributed by atoms with Gasteiger partial charge in [0.2, 0.25) is 0 Å². The second kappa shape index (κ2) is 5.86.